The monoisotopic (exact) mass is 246 g/mol. The first kappa shape index (κ1) is 11.5. The molecule has 1 aromatic heterocycles. The fourth-order valence-electron chi connectivity index (χ4n) is 2.70. The Morgan fingerprint density at radius 2 is 2.50 bits per heavy atom. The Hall–Kier alpha value is -1.62. The van der Waals surface area contributed by atoms with Crippen molar-refractivity contribution in [2.24, 2.45) is 0 Å². The highest BCUT2D eigenvalue weighted by atomic mass is 16.2. The Kier molecular flexibility index (Phi) is 2.91. The molecule has 0 aliphatic carbocycles. The van der Waals surface area contributed by atoms with Crippen LogP contribution >= 0.6 is 0 Å². The largest absolute Gasteiger partial charge is 0.343 e. The first-order chi connectivity index (χ1) is 8.79. The van der Waals surface area contributed by atoms with Gasteiger partial charge in [-0.2, -0.15) is 0 Å². The number of carbonyl (C=O) groups excluding carboxylic acids is 1. The van der Waals surface area contributed by atoms with Crippen LogP contribution in [0, 0.1) is 0 Å². The number of aromatic nitrogens is 1. The van der Waals surface area contributed by atoms with Gasteiger partial charge in [0.05, 0.1) is 5.69 Å². The summed E-state index contributed by atoms with van der Waals surface area (Å²) in [5, 5.41) is 6.24. The maximum Gasteiger partial charge on any atom is 0.247 e. The minimum atomic E-state index is -0.00961. The summed E-state index contributed by atoms with van der Waals surface area (Å²) >= 11 is 0. The standard InChI is InChI=1S/C13H18N4O/c1-2-14-7-9-6-10-12(15-8-9)17-5-3-4-11(17)13(18)16-10/h6,8,11,14H,2-5,7H2,1H3,(H,16,18). The lowest BCUT2D eigenvalue weighted by molar-refractivity contribution is -0.117. The minimum Gasteiger partial charge on any atom is -0.343 e. The van der Waals surface area contributed by atoms with E-state index < -0.39 is 0 Å². The lowest BCUT2D eigenvalue weighted by Gasteiger charge is -2.31. The molecule has 5 nitrogen and oxygen atoms in total. The molecule has 1 fully saturated rings. The molecule has 5 heteroatoms. The number of carbonyl (C=O) groups is 1. The molecule has 2 aliphatic heterocycles. The maximum absolute atomic E-state index is 12.0. The molecule has 1 aromatic rings. The molecule has 0 bridgehead atoms. The smallest absolute Gasteiger partial charge is 0.247 e. The molecule has 2 N–H and O–H groups in total. The van der Waals surface area contributed by atoms with Gasteiger partial charge >= 0.3 is 0 Å². The normalized spacial score (nSPS) is 21.5. The molecule has 0 aromatic carbocycles. The molecule has 1 amide bonds. The van der Waals surface area contributed by atoms with Crippen molar-refractivity contribution in [1.29, 1.82) is 0 Å². The summed E-state index contributed by atoms with van der Waals surface area (Å²) in [6.07, 6.45) is 3.90. The van der Waals surface area contributed by atoms with E-state index in [-0.39, 0.29) is 11.9 Å². The molecule has 1 saturated heterocycles. The van der Waals surface area contributed by atoms with E-state index in [1.165, 1.54) is 0 Å². The van der Waals surface area contributed by atoms with E-state index in [2.05, 4.69) is 27.4 Å². The lowest BCUT2D eigenvalue weighted by Crippen LogP contribution is -2.44. The van der Waals surface area contributed by atoms with Gasteiger partial charge in [0, 0.05) is 19.3 Å². The summed E-state index contributed by atoms with van der Waals surface area (Å²) in [5.41, 5.74) is 1.96. The number of amides is 1. The quantitative estimate of drug-likeness (QED) is 0.839. The highest BCUT2D eigenvalue weighted by Gasteiger charge is 2.37. The summed E-state index contributed by atoms with van der Waals surface area (Å²) in [4.78, 5) is 18.6. The second kappa shape index (κ2) is 4.57. The zero-order chi connectivity index (χ0) is 12.5. The van der Waals surface area contributed by atoms with Crippen LogP contribution in [0.1, 0.15) is 25.3 Å². The van der Waals surface area contributed by atoms with Crippen molar-refractivity contribution in [3.63, 3.8) is 0 Å². The SMILES string of the molecule is CCNCc1cnc2c(c1)NC(=O)C1CCCN21. The molecular formula is C13H18N4O. The van der Waals surface area contributed by atoms with Crippen LogP contribution in [0.3, 0.4) is 0 Å². The molecule has 3 heterocycles. The van der Waals surface area contributed by atoms with Crippen molar-refractivity contribution < 1.29 is 4.79 Å². The molecule has 1 unspecified atom stereocenters. The highest BCUT2D eigenvalue weighted by Crippen LogP contribution is 2.35. The minimum absolute atomic E-state index is 0.00961. The van der Waals surface area contributed by atoms with Gasteiger partial charge in [-0.05, 0) is 31.0 Å². The zero-order valence-electron chi connectivity index (χ0n) is 10.6. The van der Waals surface area contributed by atoms with Crippen molar-refractivity contribution in [1.82, 2.24) is 10.3 Å². The van der Waals surface area contributed by atoms with Crippen molar-refractivity contribution in [2.45, 2.75) is 32.4 Å². The molecule has 0 radical (unpaired) electrons. The Morgan fingerprint density at radius 3 is 3.33 bits per heavy atom. The fraction of sp³-hybridized carbons (Fsp3) is 0.538. The summed E-state index contributed by atoms with van der Waals surface area (Å²) in [6, 6.07) is 2.02. The summed E-state index contributed by atoms with van der Waals surface area (Å²) in [6.45, 7) is 4.72. The number of fused-ring (bicyclic) bond motifs is 3. The third kappa shape index (κ3) is 1.84. The molecule has 1 atom stereocenters. The van der Waals surface area contributed by atoms with Gasteiger partial charge in [-0.3, -0.25) is 4.79 Å². The number of hydrogen-bond acceptors (Lipinski definition) is 4. The van der Waals surface area contributed by atoms with Crippen LogP contribution in [0.4, 0.5) is 11.5 Å². The molecule has 3 rings (SSSR count). The van der Waals surface area contributed by atoms with Gasteiger partial charge in [0.2, 0.25) is 5.91 Å². The molecule has 2 aliphatic rings. The summed E-state index contributed by atoms with van der Waals surface area (Å²) in [5.74, 6) is 1.04. The van der Waals surface area contributed by atoms with Crippen LogP contribution in [0.25, 0.3) is 0 Å². The number of rotatable bonds is 3. The Bertz CT molecular complexity index is 474. The van der Waals surface area contributed by atoms with Crippen molar-refractivity contribution in [3.05, 3.63) is 17.8 Å². The number of nitrogens with zero attached hydrogens (tertiary/aromatic N) is 2. The molecule has 96 valence electrons. The van der Waals surface area contributed by atoms with E-state index in [0.717, 1.165) is 49.5 Å². The highest BCUT2D eigenvalue weighted by molar-refractivity contribution is 6.03. The van der Waals surface area contributed by atoms with Gasteiger partial charge in [-0.15, -0.1) is 0 Å². The fourth-order valence-corrected chi connectivity index (χ4v) is 2.70. The first-order valence-corrected chi connectivity index (χ1v) is 6.56. The average molecular weight is 246 g/mol. The van der Waals surface area contributed by atoms with E-state index in [9.17, 15) is 4.79 Å². The predicted octanol–water partition coefficient (Wildman–Crippen LogP) is 1.11. The number of pyridine rings is 1. The van der Waals surface area contributed by atoms with Crippen LogP contribution in [0.15, 0.2) is 12.3 Å². The van der Waals surface area contributed by atoms with Crippen LogP contribution in [-0.2, 0) is 11.3 Å². The van der Waals surface area contributed by atoms with E-state index in [1.54, 1.807) is 0 Å². The number of anilines is 2. The molecule has 0 saturated carbocycles. The third-order valence-corrected chi connectivity index (χ3v) is 3.59. The zero-order valence-corrected chi connectivity index (χ0v) is 10.6. The predicted molar refractivity (Wildman–Crippen MR) is 70.6 cm³/mol. The van der Waals surface area contributed by atoms with Crippen molar-refractivity contribution >= 4 is 17.4 Å². The topological polar surface area (TPSA) is 57.3 Å². The van der Waals surface area contributed by atoms with Gasteiger partial charge in [-0.1, -0.05) is 6.92 Å². The summed E-state index contributed by atoms with van der Waals surface area (Å²) < 4.78 is 0. The second-order valence-corrected chi connectivity index (χ2v) is 4.84. The Morgan fingerprint density at radius 1 is 1.61 bits per heavy atom. The number of nitrogens with one attached hydrogen (secondary N) is 2. The van der Waals surface area contributed by atoms with Gasteiger partial charge in [0.25, 0.3) is 0 Å². The van der Waals surface area contributed by atoms with Crippen LogP contribution < -0.4 is 15.5 Å². The van der Waals surface area contributed by atoms with E-state index in [1.807, 2.05) is 12.3 Å². The van der Waals surface area contributed by atoms with Gasteiger partial charge in [-0.25, -0.2) is 4.98 Å². The Labute approximate surface area is 107 Å². The van der Waals surface area contributed by atoms with E-state index >= 15 is 0 Å². The maximum atomic E-state index is 12.0. The molecule has 18 heavy (non-hydrogen) atoms. The van der Waals surface area contributed by atoms with Gasteiger partial charge < -0.3 is 15.5 Å². The van der Waals surface area contributed by atoms with Crippen molar-refractivity contribution in [3.8, 4) is 0 Å². The van der Waals surface area contributed by atoms with Crippen LogP contribution in [0.2, 0.25) is 0 Å². The van der Waals surface area contributed by atoms with Crippen LogP contribution in [0.5, 0.6) is 0 Å². The van der Waals surface area contributed by atoms with E-state index in [4.69, 9.17) is 0 Å². The lowest BCUT2D eigenvalue weighted by atomic mass is 10.1. The average Bonchev–Trinajstić information content (AvgIpc) is 2.86. The summed E-state index contributed by atoms with van der Waals surface area (Å²) in [7, 11) is 0. The van der Waals surface area contributed by atoms with Crippen molar-refractivity contribution in [2.75, 3.05) is 23.3 Å². The molecule has 0 spiro atoms. The van der Waals surface area contributed by atoms with Crippen LogP contribution in [-0.4, -0.2) is 30.0 Å². The second-order valence-electron chi connectivity index (χ2n) is 4.84. The Balaban J connectivity index is 1.90. The van der Waals surface area contributed by atoms with E-state index in [0.29, 0.717) is 0 Å². The number of hydrogen-bond donors (Lipinski definition) is 2. The first-order valence-electron chi connectivity index (χ1n) is 6.56. The third-order valence-electron chi connectivity index (χ3n) is 3.59. The van der Waals surface area contributed by atoms with Gasteiger partial charge in [0.1, 0.15) is 6.04 Å². The molecular weight excluding hydrogens is 228 g/mol. The van der Waals surface area contributed by atoms with Gasteiger partial charge in [0.15, 0.2) is 5.82 Å².